The van der Waals surface area contributed by atoms with Crippen LogP contribution >= 0.6 is 11.3 Å². The SMILES string of the molecule is CCOc1ccccc1C(=O)NCc1cc(-c2ccoc2)cs1. The fraction of sp³-hybridized carbons (Fsp3) is 0.167. The number of amides is 1. The third-order valence-electron chi connectivity index (χ3n) is 3.36. The standard InChI is InChI=1S/C18H17NO3S/c1-2-22-17-6-4-3-5-16(17)18(20)19-10-15-9-14(12-23-15)13-7-8-21-11-13/h3-9,11-12H,2,10H2,1H3,(H,19,20). The van der Waals surface area contributed by atoms with Gasteiger partial charge in [0.15, 0.2) is 0 Å². The Bertz CT molecular complexity index is 777. The lowest BCUT2D eigenvalue weighted by molar-refractivity contribution is 0.0947. The highest BCUT2D eigenvalue weighted by Crippen LogP contribution is 2.26. The molecular weight excluding hydrogens is 310 g/mol. The minimum absolute atomic E-state index is 0.132. The zero-order chi connectivity index (χ0) is 16.1. The van der Waals surface area contributed by atoms with Gasteiger partial charge < -0.3 is 14.5 Å². The van der Waals surface area contributed by atoms with Gasteiger partial charge in [-0.25, -0.2) is 0 Å². The van der Waals surface area contributed by atoms with Crippen LogP contribution in [0.4, 0.5) is 0 Å². The lowest BCUT2D eigenvalue weighted by Gasteiger charge is -2.09. The van der Waals surface area contributed by atoms with E-state index in [9.17, 15) is 4.79 Å². The van der Waals surface area contributed by atoms with Gasteiger partial charge in [-0.2, -0.15) is 0 Å². The molecule has 4 nitrogen and oxygen atoms in total. The maximum absolute atomic E-state index is 12.3. The third-order valence-corrected chi connectivity index (χ3v) is 4.30. The van der Waals surface area contributed by atoms with Gasteiger partial charge in [-0.1, -0.05) is 12.1 Å². The molecule has 2 heterocycles. The quantitative estimate of drug-likeness (QED) is 0.733. The zero-order valence-corrected chi connectivity index (χ0v) is 13.6. The number of ether oxygens (including phenoxy) is 1. The Kier molecular flexibility index (Phi) is 4.78. The summed E-state index contributed by atoms with van der Waals surface area (Å²) in [6, 6.07) is 11.2. The minimum Gasteiger partial charge on any atom is -0.493 e. The highest BCUT2D eigenvalue weighted by Gasteiger charge is 2.12. The number of carbonyl (C=O) groups excluding carboxylic acids is 1. The van der Waals surface area contributed by atoms with E-state index in [0.29, 0.717) is 24.5 Å². The van der Waals surface area contributed by atoms with Crippen LogP contribution in [0.5, 0.6) is 5.75 Å². The first kappa shape index (κ1) is 15.4. The summed E-state index contributed by atoms with van der Waals surface area (Å²) < 4.78 is 10.6. The Morgan fingerprint density at radius 1 is 1.26 bits per heavy atom. The van der Waals surface area contributed by atoms with Crippen LogP contribution < -0.4 is 10.1 Å². The zero-order valence-electron chi connectivity index (χ0n) is 12.7. The maximum Gasteiger partial charge on any atom is 0.255 e. The van der Waals surface area contributed by atoms with E-state index in [1.165, 1.54) is 0 Å². The second kappa shape index (κ2) is 7.15. The monoisotopic (exact) mass is 327 g/mol. The molecule has 3 rings (SSSR count). The Morgan fingerprint density at radius 2 is 2.13 bits per heavy atom. The fourth-order valence-electron chi connectivity index (χ4n) is 2.25. The van der Waals surface area contributed by atoms with Gasteiger partial charge in [-0.05, 0) is 42.1 Å². The van der Waals surface area contributed by atoms with Crippen molar-refractivity contribution in [1.29, 1.82) is 0 Å². The molecule has 5 heteroatoms. The van der Waals surface area contributed by atoms with E-state index < -0.39 is 0 Å². The van der Waals surface area contributed by atoms with E-state index >= 15 is 0 Å². The van der Waals surface area contributed by atoms with E-state index in [4.69, 9.17) is 9.15 Å². The van der Waals surface area contributed by atoms with Gasteiger partial charge in [0, 0.05) is 10.4 Å². The number of para-hydroxylation sites is 1. The summed E-state index contributed by atoms with van der Waals surface area (Å²) in [6.45, 7) is 2.92. The van der Waals surface area contributed by atoms with Gasteiger partial charge >= 0.3 is 0 Å². The number of hydrogen-bond donors (Lipinski definition) is 1. The Labute approximate surface area is 138 Å². The topological polar surface area (TPSA) is 51.5 Å². The second-order valence-electron chi connectivity index (χ2n) is 4.93. The number of nitrogens with one attached hydrogen (secondary N) is 1. The van der Waals surface area contributed by atoms with Crippen molar-refractivity contribution in [3.8, 4) is 16.9 Å². The van der Waals surface area contributed by atoms with Crippen molar-refractivity contribution in [1.82, 2.24) is 5.32 Å². The smallest absolute Gasteiger partial charge is 0.255 e. The molecular formula is C18H17NO3S. The molecule has 1 aromatic carbocycles. The molecule has 0 atom stereocenters. The van der Waals surface area contributed by atoms with E-state index in [-0.39, 0.29) is 5.91 Å². The summed E-state index contributed by atoms with van der Waals surface area (Å²) in [6.07, 6.45) is 3.36. The number of hydrogen-bond acceptors (Lipinski definition) is 4. The average molecular weight is 327 g/mol. The van der Waals surface area contributed by atoms with Crippen molar-refractivity contribution >= 4 is 17.2 Å². The van der Waals surface area contributed by atoms with Crippen LogP contribution in [-0.2, 0) is 6.54 Å². The highest BCUT2D eigenvalue weighted by molar-refractivity contribution is 7.10. The predicted octanol–water partition coefficient (Wildman–Crippen LogP) is 4.34. The van der Waals surface area contributed by atoms with Crippen LogP contribution in [0.25, 0.3) is 11.1 Å². The number of rotatable bonds is 6. The van der Waals surface area contributed by atoms with Crippen molar-refractivity contribution in [3.63, 3.8) is 0 Å². The van der Waals surface area contributed by atoms with Crippen LogP contribution in [0.1, 0.15) is 22.2 Å². The maximum atomic E-state index is 12.3. The van der Waals surface area contributed by atoms with Crippen LogP contribution in [0, 0.1) is 0 Å². The molecule has 0 saturated carbocycles. The number of benzene rings is 1. The fourth-order valence-corrected chi connectivity index (χ4v) is 3.08. The van der Waals surface area contributed by atoms with Gasteiger partial charge in [0.25, 0.3) is 5.91 Å². The summed E-state index contributed by atoms with van der Waals surface area (Å²) in [5, 5.41) is 5.00. The van der Waals surface area contributed by atoms with Crippen molar-refractivity contribution in [3.05, 3.63) is 64.7 Å². The van der Waals surface area contributed by atoms with Gasteiger partial charge in [0.1, 0.15) is 5.75 Å². The van der Waals surface area contributed by atoms with E-state index in [0.717, 1.165) is 16.0 Å². The first-order valence-electron chi connectivity index (χ1n) is 7.38. The molecule has 2 aromatic heterocycles. The molecule has 23 heavy (non-hydrogen) atoms. The molecule has 118 valence electrons. The molecule has 0 fully saturated rings. The Morgan fingerprint density at radius 3 is 2.91 bits per heavy atom. The molecule has 0 spiro atoms. The number of carbonyl (C=O) groups is 1. The van der Waals surface area contributed by atoms with Gasteiger partial charge in [0.2, 0.25) is 0 Å². The van der Waals surface area contributed by atoms with Crippen molar-refractivity contribution in [2.45, 2.75) is 13.5 Å². The summed E-state index contributed by atoms with van der Waals surface area (Å²) >= 11 is 1.61. The Balaban J connectivity index is 1.65. The summed E-state index contributed by atoms with van der Waals surface area (Å²) in [5.74, 6) is 0.477. The predicted molar refractivity (Wildman–Crippen MR) is 90.8 cm³/mol. The van der Waals surface area contributed by atoms with Gasteiger partial charge in [0.05, 0.1) is 31.2 Å². The van der Waals surface area contributed by atoms with Crippen LogP contribution in [-0.4, -0.2) is 12.5 Å². The van der Waals surface area contributed by atoms with Crippen LogP contribution in [0.3, 0.4) is 0 Å². The first-order valence-corrected chi connectivity index (χ1v) is 8.26. The first-order chi connectivity index (χ1) is 11.3. The molecule has 0 aliphatic rings. The molecule has 0 radical (unpaired) electrons. The molecule has 1 N–H and O–H groups in total. The summed E-state index contributed by atoms with van der Waals surface area (Å²) in [5.41, 5.74) is 2.70. The van der Waals surface area contributed by atoms with E-state index in [2.05, 4.69) is 16.8 Å². The van der Waals surface area contributed by atoms with E-state index in [1.807, 2.05) is 25.1 Å². The van der Waals surface area contributed by atoms with Crippen molar-refractivity contribution < 1.29 is 13.9 Å². The van der Waals surface area contributed by atoms with Crippen molar-refractivity contribution in [2.75, 3.05) is 6.61 Å². The molecule has 0 unspecified atom stereocenters. The second-order valence-corrected chi connectivity index (χ2v) is 5.92. The van der Waals surface area contributed by atoms with E-state index in [1.54, 1.807) is 36.0 Å². The molecule has 0 aliphatic carbocycles. The normalized spacial score (nSPS) is 10.5. The largest absolute Gasteiger partial charge is 0.493 e. The molecule has 0 bridgehead atoms. The van der Waals surface area contributed by atoms with Crippen molar-refractivity contribution in [2.24, 2.45) is 0 Å². The minimum atomic E-state index is -0.132. The van der Waals surface area contributed by atoms with Crippen LogP contribution in [0.2, 0.25) is 0 Å². The summed E-state index contributed by atoms with van der Waals surface area (Å²) in [7, 11) is 0. The number of thiophene rings is 1. The Hall–Kier alpha value is -2.53. The van der Waals surface area contributed by atoms with Gasteiger partial charge in [-0.15, -0.1) is 11.3 Å². The third kappa shape index (κ3) is 3.63. The van der Waals surface area contributed by atoms with Gasteiger partial charge in [-0.3, -0.25) is 4.79 Å². The number of furan rings is 1. The highest BCUT2D eigenvalue weighted by atomic mass is 32.1. The van der Waals surface area contributed by atoms with Crippen LogP contribution in [0.15, 0.2) is 58.7 Å². The summed E-state index contributed by atoms with van der Waals surface area (Å²) in [4.78, 5) is 13.4. The molecule has 0 aliphatic heterocycles. The lowest BCUT2D eigenvalue weighted by Crippen LogP contribution is -2.23. The molecule has 0 saturated heterocycles. The average Bonchev–Trinajstić information content (AvgIpc) is 3.24. The lowest BCUT2D eigenvalue weighted by atomic mass is 10.1. The molecule has 3 aromatic rings. The molecule has 1 amide bonds.